The molecule has 3 aromatic carbocycles. The molecule has 0 amide bonds. The summed E-state index contributed by atoms with van der Waals surface area (Å²) in [7, 11) is -4.07. The Morgan fingerprint density at radius 1 is 0.871 bits per heavy atom. The summed E-state index contributed by atoms with van der Waals surface area (Å²) >= 11 is 0. The zero-order valence-corrected chi connectivity index (χ0v) is 16.3. The molecule has 0 bridgehead atoms. The van der Waals surface area contributed by atoms with E-state index in [1.54, 1.807) is 12.1 Å². The molecule has 31 heavy (non-hydrogen) atoms. The minimum Gasteiger partial charge on any atom is -0.478 e. The second-order valence-corrected chi connectivity index (χ2v) is 7.73. The molecule has 0 aliphatic rings. The van der Waals surface area contributed by atoms with Crippen LogP contribution in [0.1, 0.15) is 10.4 Å². The lowest BCUT2D eigenvalue weighted by Gasteiger charge is -2.14. The van der Waals surface area contributed by atoms with E-state index in [1.165, 1.54) is 24.3 Å². The maximum Gasteiger partial charge on any atom is 0.573 e. The number of anilines is 1. The zero-order valence-electron chi connectivity index (χ0n) is 15.5. The second-order valence-electron chi connectivity index (χ2n) is 6.05. The lowest BCUT2D eigenvalue weighted by Crippen LogP contribution is -2.16. The van der Waals surface area contributed by atoms with Crippen LogP contribution in [0.3, 0.4) is 0 Å². The number of ether oxygens (including phenoxy) is 2. The van der Waals surface area contributed by atoms with Crippen LogP contribution in [0.4, 0.5) is 18.9 Å². The third kappa shape index (κ3) is 5.89. The molecule has 0 aromatic heterocycles. The summed E-state index contributed by atoms with van der Waals surface area (Å²) < 4.78 is 73.7. The number of para-hydroxylation sites is 2. The minimum atomic E-state index is -4.82. The normalized spacial score (nSPS) is 11.6. The van der Waals surface area contributed by atoms with Crippen molar-refractivity contribution in [2.45, 2.75) is 11.3 Å². The Kier molecular flexibility index (Phi) is 6.07. The van der Waals surface area contributed by atoms with Crippen LogP contribution < -0.4 is 14.2 Å². The van der Waals surface area contributed by atoms with Crippen molar-refractivity contribution in [3.8, 4) is 17.2 Å². The second kappa shape index (κ2) is 8.56. The predicted molar refractivity (Wildman–Crippen MR) is 104 cm³/mol. The Morgan fingerprint density at radius 2 is 1.45 bits per heavy atom. The third-order valence-electron chi connectivity index (χ3n) is 3.83. The zero-order chi connectivity index (χ0) is 22.6. The number of rotatable bonds is 7. The number of halogens is 3. The Morgan fingerprint density at radius 3 is 2.03 bits per heavy atom. The van der Waals surface area contributed by atoms with Crippen molar-refractivity contribution >= 4 is 21.7 Å². The number of carboxylic acid groups (broad SMARTS) is 1. The first kappa shape index (κ1) is 22.0. The number of carboxylic acids is 1. The Hall–Kier alpha value is -3.73. The fourth-order valence-electron chi connectivity index (χ4n) is 2.46. The monoisotopic (exact) mass is 453 g/mol. The van der Waals surface area contributed by atoms with E-state index in [4.69, 9.17) is 9.84 Å². The highest BCUT2D eigenvalue weighted by Crippen LogP contribution is 2.32. The van der Waals surface area contributed by atoms with Gasteiger partial charge in [0.15, 0.2) is 5.75 Å². The first-order chi connectivity index (χ1) is 14.5. The van der Waals surface area contributed by atoms with Crippen LogP contribution in [-0.2, 0) is 10.0 Å². The number of benzene rings is 3. The number of aromatic carboxylic acids is 1. The minimum absolute atomic E-state index is 0.0689. The number of nitrogens with one attached hydrogen (secondary N) is 1. The number of sulfonamides is 1. The third-order valence-corrected chi connectivity index (χ3v) is 5.21. The van der Waals surface area contributed by atoms with Crippen LogP contribution in [0.2, 0.25) is 0 Å². The van der Waals surface area contributed by atoms with Gasteiger partial charge < -0.3 is 14.6 Å². The van der Waals surface area contributed by atoms with E-state index < -0.39 is 28.1 Å². The van der Waals surface area contributed by atoms with Crippen LogP contribution in [-0.4, -0.2) is 25.9 Å². The maximum atomic E-state index is 12.6. The van der Waals surface area contributed by atoms with Gasteiger partial charge in [0.05, 0.1) is 16.1 Å². The summed E-state index contributed by atoms with van der Waals surface area (Å²) in [5.41, 5.74) is 0.000983. The van der Waals surface area contributed by atoms with E-state index in [-0.39, 0.29) is 27.6 Å². The van der Waals surface area contributed by atoms with E-state index in [0.29, 0.717) is 0 Å². The van der Waals surface area contributed by atoms with E-state index in [2.05, 4.69) is 9.46 Å². The standard InChI is InChI=1S/C20H14F3NO6S/c21-20(22,23)30-15-9-7-14(8-10-15)29-18-4-2-1-3-17(18)24-31(27,28)16-11-5-13(6-12-16)19(25)26/h1-12,24H,(H,25,26). The number of alkyl halides is 3. The Balaban J connectivity index is 1.79. The summed E-state index contributed by atoms with van der Waals surface area (Å²) in [6.45, 7) is 0. The van der Waals surface area contributed by atoms with Crippen LogP contribution in [0.25, 0.3) is 0 Å². The van der Waals surface area contributed by atoms with Crippen LogP contribution in [0.5, 0.6) is 17.2 Å². The highest BCUT2D eigenvalue weighted by atomic mass is 32.2. The fourth-order valence-corrected chi connectivity index (χ4v) is 3.53. The van der Waals surface area contributed by atoms with Gasteiger partial charge in [-0.15, -0.1) is 13.2 Å². The smallest absolute Gasteiger partial charge is 0.478 e. The molecule has 0 radical (unpaired) electrons. The molecular weight excluding hydrogens is 439 g/mol. The van der Waals surface area contributed by atoms with Gasteiger partial charge in [0.1, 0.15) is 11.5 Å². The van der Waals surface area contributed by atoms with Gasteiger partial charge >= 0.3 is 12.3 Å². The largest absolute Gasteiger partial charge is 0.573 e. The maximum absolute atomic E-state index is 12.6. The highest BCUT2D eigenvalue weighted by molar-refractivity contribution is 7.92. The molecule has 7 nitrogen and oxygen atoms in total. The predicted octanol–water partition coefficient (Wildman–Crippen LogP) is 4.88. The van der Waals surface area contributed by atoms with Crippen LogP contribution in [0.15, 0.2) is 77.7 Å². The quantitative estimate of drug-likeness (QED) is 0.529. The van der Waals surface area contributed by atoms with Crippen molar-refractivity contribution in [3.05, 3.63) is 78.4 Å². The first-order valence-electron chi connectivity index (χ1n) is 8.52. The molecule has 0 saturated heterocycles. The van der Waals surface area contributed by atoms with Crippen molar-refractivity contribution in [2.75, 3.05) is 4.72 Å². The first-order valence-corrected chi connectivity index (χ1v) is 10.0. The molecule has 0 spiro atoms. The van der Waals surface area contributed by atoms with Gasteiger partial charge in [-0.05, 0) is 60.7 Å². The topological polar surface area (TPSA) is 102 Å². The highest BCUT2D eigenvalue weighted by Gasteiger charge is 2.31. The molecule has 0 fully saturated rings. The average Bonchev–Trinajstić information content (AvgIpc) is 2.70. The number of carbonyl (C=O) groups is 1. The Bertz CT molecular complexity index is 1180. The Labute approximate surface area is 174 Å². The van der Waals surface area contributed by atoms with E-state index >= 15 is 0 Å². The van der Waals surface area contributed by atoms with Gasteiger partial charge in [0, 0.05) is 0 Å². The molecule has 0 aliphatic carbocycles. The molecule has 0 aliphatic heterocycles. The molecular formula is C20H14F3NO6S. The summed E-state index contributed by atoms with van der Waals surface area (Å²) in [5, 5.41) is 8.92. The van der Waals surface area contributed by atoms with Crippen LogP contribution in [0, 0.1) is 0 Å². The average molecular weight is 453 g/mol. The molecule has 162 valence electrons. The molecule has 2 N–H and O–H groups in total. The summed E-state index contributed by atoms with van der Waals surface area (Å²) in [4.78, 5) is 10.7. The van der Waals surface area contributed by atoms with Crippen molar-refractivity contribution in [2.24, 2.45) is 0 Å². The van der Waals surface area contributed by atoms with Gasteiger partial charge in [-0.1, -0.05) is 12.1 Å². The molecule has 0 atom stereocenters. The van der Waals surface area contributed by atoms with Gasteiger partial charge in [0.25, 0.3) is 10.0 Å². The van der Waals surface area contributed by atoms with E-state index in [1.807, 2.05) is 0 Å². The molecule has 0 heterocycles. The van der Waals surface area contributed by atoms with Crippen molar-refractivity contribution in [1.29, 1.82) is 0 Å². The van der Waals surface area contributed by atoms with E-state index in [9.17, 15) is 26.4 Å². The van der Waals surface area contributed by atoms with Crippen molar-refractivity contribution < 1.29 is 41.0 Å². The lowest BCUT2D eigenvalue weighted by molar-refractivity contribution is -0.274. The number of hydrogen-bond donors (Lipinski definition) is 2. The van der Waals surface area contributed by atoms with E-state index in [0.717, 1.165) is 36.4 Å². The fraction of sp³-hybridized carbons (Fsp3) is 0.0500. The molecule has 0 saturated carbocycles. The molecule has 0 unspecified atom stereocenters. The summed E-state index contributed by atoms with van der Waals surface area (Å²) in [6, 6.07) is 15.2. The van der Waals surface area contributed by atoms with Crippen LogP contribution >= 0.6 is 0 Å². The van der Waals surface area contributed by atoms with Crippen molar-refractivity contribution in [3.63, 3.8) is 0 Å². The van der Waals surface area contributed by atoms with Gasteiger partial charge in [-0.25, -0.2) is 13.2 Å². The summed E-state index contributed by atoms with van der Waals surface area (Å²) in [5.74, 6) is -1.38. The van der Waals surface area contributed by atoms with Crippen molar-refractivity contribution in [1.82, 2.24) is 0 Å². The molecule has 11 heteroatoms. The van der Waals surface area contributed by atoms with Gasteiger partial charge in [0.2, 0.25) is 0 Å². The summed E-state index contributed by atoms with van der Waals surface area (Å²) in [6.07, 6.45) is -4.82. The van der Waals surface area contributed by atoms with Gasteiger partial charge in [-0.2, -0.15) is 0 Å². The lowest BCUT2D eigenvalue weighted by atomic mass is 10.2. The van der Waals surface area contributed by atoms with Gasteiger partial charge in [-0.3, -0.25) is 4.72 Å². The SMILES string of the molecule is O=C(O)c1ccc(S(=O)(=O)Nc2ccccc2Oc2ccc(OC(F)(F)F)cc2)cc1. The molecule has 3 rings (SSSR count). The molecule has 3 aromatic rings. The number of hydrogen-bond acceptors (Lipinski definition) is 5.